The summed E-state index contributed by atoms with van der Waals surface area (Å²) in [7, 11) is 3.72. The van der Waals surface area contributed by atoms with Gasteiger partial charge in [-0.25, -0.2) is 9.37 Å². The summed E-state index contributed by atoms with van der Waals surface area (Å²) in [6, 6.07) is 8.59. The van der Waals surface area contributed by atoms with E-state index in [0.717, 1.165) is 5.56 Å². The average Bonchev–Trinajstić information content (AvgIpc) is 3.21. The number of fused-ring (bicyclic) bond motifs is 1. The van der Waals surface area contributed by atoms with Gasteiger partial charge in [-0.1, -0.05) is 18.2 Å². The molecule has 1 N–H and O–H groups in total. The Balaban J connectivity index is 1.95. The number of likely N-dealkylation sites (N-methyl/N-ethyl adjacent to an activating group) is 1. The number of aryl methyl sites for hydroxylation is 2. The van der Waals surface area contributed by atoms with Crippen LogP contribution < -0.4 is 0 Å². The number of aromatic nitrogens is 2. The molecule has 7 nitrogen and oxygen atoms in total. The highest BCUT2D eigenvalue weighted by atomic mass is 19.1. The zero-order valence-corrected chi connectivity index (χ0v) is 18.5. The van der Waals surface area contributed by atoms with E-state index in [-0.39, 0.29) is 17.9 Å². The molecule has 0 radical (unpaired) electrons. The van der Waals surface area contributed by atoms with Crippen molar-refractivity contribution in [2.24, 2.45) is 0 Å². The number of benzene rings is 1. The van der Waals surface area contributed by atoms with Gasteiger partial charge in [0.2, 0.25) is 0 Å². The summed E-state index contributed by atoms with van der Waals surface area (Å²) in [4.78, 5) is 33.9. The van der Waals surface area contributed by atoms with Gasteiger partial charge in [0.25, 0.3) is 11.7 Å². The van der Waals surface area contributed by atoms with Crippen molar-refractivity contribution in [3.8, 4) is 0 Å². The zero-order chi connectivity index (χ0) is 23.2. The zero-order valence-electron chi connectivity index (χ0n) is 18.5. The molecule has 1 aliphatic rings. The number of halogens is 1. The number of likely N-dealkylation sites (tertiary alicyclic amines) is 1. The summed E-state index contributed by atoms with van der Waals surface area (Å²) in [5.41, 5.74) is 2.78. The van der Waals surface area contributed by atoms with Crippen LogP contribution >= 0.6 is 0 Å². The molecule has 3 heterocycles. The van der Waals surface area contributed by atoms with E-state index in [9.17, 15) is 19.1 Å². The first-order chi connectivity index (χ1) is 15.2. The summed E-state index contributed by atoms with van der Waals surface area (Å²) >= 11 is 0. The van der Waals surface area contributed by atoms with E-state index in [1.54, 1.807) is 23.6 Å². The maximum absolute atomic E-state index is 14.1. The lowest BCUT2D eigenvalue weighted by Crippen LogP contribution is -2.35. The van der Waals surface area contributed by atoms with E-state index in [1.165, 1.54) is 23.1 Å². The summed E-state index contributed by atoms with van der Waals surface area (Å²) < 4.78 is 15.8. The van der Waals surface area contributed by atoms with Gasteiger partial charge in [-0.2, -0.15) is 0 Å². The maximum Gasteiger partial charge on any atom is 0.295 e. The van der Waals surface area contributed by atoms with E-state index in [4.69, 9.17) is 0 Å². The molecule has 1 aliphatic heterocycles. The molecule has 2 aromatic heterocycles. The first kappa shape index (κ1) is 21.7. The number of rotatable bonds is 5. The highest BCUT2D eigenvalue weighted by Crippen LogP contribution is 2.40. The molecule has 0 saturated carbocycles. The Morgan fingerprint density at radius 2 is 1.94 bits per heavy atom. The summed E-state index contributed by atoms with van der Waals surface area (Å²) in [6.07, 6.45) is 1.75. The number of Topliss-reactive ketones (excluding diaryl/α,β-unsaturated/α-hetero) is 1. The molecule has 3 aromatic rings. The number of amides is 1. The minimum absolute atomic E-state index is 0.0641. The van der Waals surface area contributed by atoms with Crippen LogP contribution in [0.15, 0.2) is 48.2 Å². The third kappa shape index (κ3) is 3.56. The van der Waals surface area contributed by atoms with Crippen LogP contribution in [0.1, 0.15) is 28.6 Å². The predicted molar refractivity (Wildman–Crippen MR) is 119 cm³/mol. The Bertz CT molecular complexity index is 1260. The Kier molecular flexibility index (Phi) is 5.56. The van der Waals surface area contributed by atoms with Gasteiger partial charge in [0.05, 0.1) is 17.3 Å². The minimum Gasteiger partial charge on any atom is -0.505 e. The van der Waals surface area contributed by atoms with Crippen LogP contribution in [0.25, 0.3) is 11.4 Å². The van der Waals surface area contributed by atoms with Crippen LogP contribution in [-0.4, -0.2) is 63.2 Å². The van der Waals surface area contributed by atoms with Crippen molar-refractivity contribution in [1.82, 2.24) is 19.2 Å². The number of imidazole rings is 1. The summed E-state index contributed by atoms with van der Waals surface area (Å²) in [5.74, 6) is -2.31. The molecule has 0 spiro atoms. The molecule has 4 rings (SSSR count). The molecular weight excluding hydrogens is 411 g/mol. The number of carbonyl (C=O) groups is 2. The first-order valence-corrected chi connectivity index (χ1v) is 10.3. The summed E-state index contributed by atoms with van der Waals surface area (Å²) in [6.45, 7) is 4.40. The predicted octanol–water partition coefficient (Wildman–Crippen LogP) is 3.07. The number of hydrogen-bond acceptors (Lipinski definition) is 5. The number of aliphatic hydroxyl groups excluding tert-OH is 1. The van der Waals surface area contributed by atoms with Gasteiger partial charge in [0.1, 0.15) is 17.2 Å². The van der Waals surface area contributed by atoms with Gasteiger partial charge in [-0.3, -0.25) is 14.0 Å². The van der Waals surface area contributed by atoms with Gasteiger partial charge in [0, 0.05) is 19.3 Å². The highest BCUT2D eigenvalue weighted by Gasteiger charge is 2.46. The molecule has 1 fully saturated rings. The molecular formula is C24H25FN4O3. The Morgan fingerprint density at radius 1 is 1.19 bits per heavy atom. The Labute approximate surface area is 185 Å². The van der Waals surface area contributed by atoms with Gasteiger partial charge < -0.3 is 14.9 Å². The lowest BCUT2D eigenvalue weighted by Gasteiger charge is -2.26. The van der Waals surface area contributed by atoms with Gasteiger partial charge in [0.15, 0.2) is 5.76 Å². The third-order valence-electron chi connectivity index (χ3n) is 5.74. The van der Waals surface area contributed by atoms with Gasteiger partial charge in [-0.05, 0) is 57.3 Å². The maximum atomic E-state index is 14.1. The third-order valence-corrected chi connectivity index (χ3v) is 5.74. The van der Waals surface area contributed by atoms with Gasteiger partial charge in [-0.15, -0.1) is 0 Å². The SMILES string of the molecule is Cc1nc2c(C)cccn2c1/C(O)=C1\C(=O)C(=O)N(CCN(C)C)[C@@H]1c1cccc(F)c1. The fraction of sp³-hybridized carbons (Fsp3) is 0.292. The van der Waals surface area contributed by atoms with E-state index >= 15 is 0 Å². The first-order valence-electron chi connectivity index (χ1n) is 10.3. The quantitative estimate of drug-likeness (QED) is 0.378. The summed E-state index contributed by atoms with van der Waals surface area (Å²) in [5, 5.41) is 11.4. The largest absolute Gasteiger partial charge is 0.505 e. The van der Waals surface area contributed by atoms with Crippen LogP contribution in [0.2, 0.25) is 0 Å². The molecule has 1 atom stereocenters. The molecule has 0 aliphatic carbocycles. The second-order valence-corrected chi connectivity index (χ2v) is 8.28. The van der Waals surface area contributed by atoms with E-state index < -0.39 is 23.5 Å². The topological polar surface area (TPSA) is 78.1 Å². The van der Waals surface area contributed by atoms with Crippen molar-refractivity contribution in [3.63, 3.8) is 0 Å². The minimum atomic E-state index is -0.902. The van der Waals surface area contributed by atoms with Crippen molar-refractivity contribution in [3.05, 3.63) is 76.5 Å². The molecule has 166 valence electrons. The number of nitrogens with zero attached hydrogens (tertiary/aromatic N) is 4. The monoisotopic (exact) mass is 436 g/mol. The fourth-order valence-corrected chi connectivity index (χ4v) is 4.17. The van der Waals surface area contributed by atoms with Crippen molar-refractivity contribution in [2.45, 2.75) is 19.9 Å². The van der Waals surface area contributed by atoms with Crippen molar-refractivity contribution in [1.29, 1.82) is 0 Å². The van der Waals surface area contributed by atoms with E-state index in [1.807, 2.05) is 38.1 Å². The number of pyridine rings is 1. The molecule has 1 aromatic carbocycles. The Hall–Kier alpha value is -3.52. The molecule has 0 unspecified atom stereocenters. The smallest absolute Gasteiger partial charge is 0.295 e. The molecule has 1 saturated heterocycles. The van der Waals surface area contributed by atoms with Crippen molar-refractivity contribution >= 4 is 23.1 Å². The number of aliphatic hydroxyl groups is 1. The average molecular weight is 436 g/mol. The molecule has 32 heavy (non-hydrogen) atoms. The standard InChI is InChI=1S/C24H25FN4O3/c1-14-7-6-10-28-19(15(2)26-23(14)28)21(30)18-20(16-8-5-9-17(25)13-16)29(12-11-27(3)4)24(32)22(18)31/h5-10,13,20,30H,11-12H2,1-4H3/b21-18+/t20-/m1/s1. The highest BCUT2D eigenvalue weighted by molar-refractivity contribution is 6.46. The van der Waals surface area contributed by atoms with Gasteiger partial charge >= 0.3 is 0 Å². The Morgan fingerprint density at radius 3 is 2.62 bits per heavy atom. The van der Waals surface area contributed by atoms with Crippen molar-refractivity contribution < 1.29 is 19.1 Å². The fourth-order valence-electron chi connectivity index (χ4n) is 4.17. The molecule has 8 heteroatoms. The lowest BCUT2D eigenvalue weighted by molar-refractivity contribution is -0.140. The van der Waals surface area contributed by atoms with Crippen LogP contribution in [0.4, 0.5) is 4.39 Å². The number of hydrogen-bond donors (Lipinski definition) is 1. The van der Waals surface area contributed by atoms with Crippen LogP contribution in [0, 0.1) is 19.7 Å². The van der Waals surface area contributed by atoms with E-state index in [2.05, 4.69) is 4.98 Å². The number of ketones is 1. The van der Waals surface area contributed by atoms with Crippen LogP contribution in [-0.2, 0) is 9.59 Å². The second-order valence-electron chi connectivity index (χ2n) is 8.28. The number of carbonyl (C=O) groups excluding carboxylic acids is 2. The van der Waals surface area contributed by atoms with Crippen LogP contribution in [0.3, 0.4) is 0 Å². The van der Waals surface area contributed by atoms with E-state index in [0.29, 0.717) is 29.1 Å². The second kappa shape index (κ2) is 8.20. The molecule has 0 bridgehead atoms. The molecule has 1 amide bonds. The lowest BCUT2D eigenvalue weighted by atomic mass is 9.96. The normalized spacial score (nSPS) is 18.3. The van der Waals surface area contributed by atoms with Crippen LogP contribution in [0.5, 0.6) is 0 Å². The van der Waals surface area contributed by atoms with Crippen molar-refractivity contribution in [2.75, 3.05) is 27.2 Å².